The maximum Gasteiger partial charge on any atom is 0.329 e. The average Bonchev–Trinajstić information content (AvgIpc) is 3.14. The van der Waals surface area contributed by atoms with E-state index in [2.05, 4.69) is 20.5 Å². The van der Waals surface area contributed by atoms with Crippen LogP contribution in [0.2, 0.25) is 0 Å². The van der Waals surface area contributed by atoms with Crippen LogP contribution in [0.25, 0.3) is 11.2 Å². The van der Waals surface area contributed by atoms with Gasteiger partial charge in [0.25, 0.3) is 5.56 Å². The molecule has 2 aromatic carbocycles. The Morgan fingerprint density at radius 2 is 2.00 bits per heavy atom. The van der Waals surface area contributed by atoms with E-state index < -0.39 is 11.2 Å². The van der Waals surface area contributed by atoms with Crippen LogP contribution in [0.15, 0.2) is 63.2 Å². The first kappa shape index (κ1) is 20.9. The van der Waals surface area contributed by atoms with Crippen LogP contribution in [-0.2, 0) is 13.6 Å². The number of nitrogens with one attached hydrogen (secondary N) is 2. The molecule has 164 valence electrons. The van der Waals surface area contributed by atoms with Gasteiger partial charge >= 0.3 is 5.69 Å². The van der Waals surface area contributed by atoms with Crippen LogP contribution in [0.4, 0.5) is 5.95 Å². The molecule has 0 aliphatic rings. The quantitative estimate of drug-likeness (QED) is 0.302. The van der Waals surface area contributed by atoms with Gasteiger partial charge in [-0.2, -0.15) is 10.1 Å². The van der Waals surface area contributed by atoms with Gasteiger partial charge < -0.3 is 9.84 Å². The molecule has 32 heavy (non-hydrogen) atoms. The summed E-state index contributed by atoms with van der Waals surface area (Å²) in [5.74, 6) is 0.701. The topological polar surface area (TPSA) is 127 Å². The molecule has 0 spiro atoms. The van der Waals surface area contributed by atoms with Gasteiger partial charge in [-0.3, -0.25) is 18.9 Å². The molecule has 4 rings (SSSR count). The maximum absolute atomic E-state index is 12.6. The van der Waals surface area contributed by atoms with Gasteiger partial charge in [-0.25, -0.2) is 10.2 Å². The van der Waals surface area contributed by atoms with Crippen molar-refractivity contribution < 1.29 is 9.84 Å². The summed E-state index contributed by atoms with van der Waals surface area (Å²) in [5.41, 5.74) is 3.94. The molecule has 4 aromatic rings. The number of fused-ring (bicyclic) bond motifs is 1. The number of aromatic nitrogens is 4. The molecule has 0 saturated heterocycles. The molecule has 0 saturated carbocycles. The van der Waals surface area contributed by atoms with E-state index in [1.165, 1.54) is 16.8 Å². The minimum absolute atomic E-state index is 0.0433. The predicted octanol–water partition coefficient (Wildman–Crippen LogP) is 2.02. The number of hydrogen-bond acceptors (Lipinski definition) is 7. The summed E-state index contributed by atoms with van der Waals surface area (Å²) in [7, 11) is 1.54. The van der Waals surface area contributed by atoms with Crippen LogP contribution in [0.5, 0.6) is 11.5 Å². The van der Waals surface area contributed by atoms with Crippen LogP contribution >= 0.6 is 0 Å². The lowest BCUT2D eigenvalue weighted by molar-refractivity contribution is 0.318. The predicted molar refractivity (Wildman–Crippen MR) is 122 cm³/mol. The molecule has 0 amide bonds. The second kappa shape index (κ2) is 8.80. The molecule has 0 fully saturated rings. The number of benzene rings is 2. The summed E-state index contributed by atoms with van der Waals surface area (Å²) >= 11 is 0. The molecule has 2 aromatic heterocycles. The number of hydrazone groups is 1. The Hall–Kier alpha value is -4.34. The number of H-pyrrole nitrogens is 1. The Morgan fingerprint density at radius 3 is 2.75 bits per heavy atom. The number of imidazole rings is 1. The molecule has 0 radical (unpaired) electrons. The van der Waals surface area contributed by atoms with Crippen molar-refractivity contribution >= 4 is 23.3 Å². The molecule has 10 nitrogen and oxygen atoms in total. The van der Waals surface area contributed by atoms with E-state index in [1.54, 1.807) is 23.7 Å². The Bertz CT molecular complexity index is 1400. The van der Waals surface area contributed by atoms with E-state index in [-0.39, 0.29) is 16.9 Å². The van der Waals surface area contributed by atoms with Crippen LogP contribution < -0.4 is 21.4 Å². The molecular formula is C22H22N6O4. The summed E-state index contributed by atoms with van der Waals surface area (Å²) in [6, 6.07) is 14.4. The number of nitrogens with zero attached hydrogens (tertiary/aromatic N) is 4. The number of phenolic OH excluding ortho intramolecular Hbond substituents is 1. The minimum Gasteiger partial charge on any atom is -0.504 e. The summed E-state index contributed by atoms with van der Waals surface area (Å²) in [5, 5.41) is 14.1. The zero-order valence-electron chi connectivity index (χ0n) is 17.6. The molecular weight excluding hydrogens is 412 g/mol. The highest BCUT2D eigenvalue weighted by molar-refractivity contribution is 5.81. The second-order valence-electron chi connectivity index (χ2n) is 7.03. The number of ether oxygens (including phenoxy) is 1. The number of rotatable bonds is 7. The van der Waals surface area contributed by atoms with Crippen LogP contribution in [-0.4, -0.2) is 37.0 Å². The third-order valence-corrected chi connectivity index (χ3v) is 4.85. The van der Waals surface area contributed by atoms with Gasteiger partial charge in [0.15, 0.2) is 22.7 Å². The van der Waals surface area contributed by atoms with Gasteiger partial charge in [-0.15, -0.1) is 0 Å². The van der Waals surface area contributed by atoms with E-state index in [1.807, 2.05) is 37.3 Å². The standard InChI is InChI=1S/C22H22N6O4/c1-3-32-17-11-15(9-10-16(17)29)12-23-26-21-24-19-18(20(30)25-22(31)27(19)2)28(21)13-14-7-5-4-6-8-14/h4-12,29H,3,13H2,1-2H3,(H,24,26)(H,25,30,31)/b23-12-. The zero-order chi connectivity index (χ0) is 22.7. The van der Waals surface area contributed by atoms with Crippen LogP contribution in [0.3, 0.4) is 0 Å². The van der Waals surface area contributed by atoms with E-state index in [0.717, 1.165) is 5.56 Å². The van der Waals surface area contributed by atoms with Crippen LogP contribution in [0.1, 0.15) is 18.1 Å². The lowest BCUT2D eigenvalue weighted by atomic mass is 10.2. The Labute approximate surface area is 182 Å². The number of anilines is 1. The highest BCUT2D eigenvalue weighted by Crippen LogP contribution is 2.26. The van der Waals surface area contributed by atoms with Gasteiger partial charge in [0.05, 0.1) is 19.4 Å². The number of aromatic hydroxyl groups is 1. The molecule has 0 unspecified atom stereocenters. The normalized spacial score (nSPS) is 11.3. The number of aromatic amines is 1. The monoisotopic (exact) mass is 434 g/mol. The summed E-state index contributed by atoms with van der Waals surface area (Å²) < 4.78 is 8.33. The summed E-state index contributed by atoms with van der Waals surface area (Å²) in [4.78, 5) is 31.3. The third-order valence-electron chi connectivity index (χ3n) is 4.85. The molecule has 0 aliphatic carbocycles. The SMILES string of the molecule is CCOc1cc(/C=N\Nc2nc3c(c(=O)[nH]c(=O)n3C)n2Cc2ccccc2)ccc1O. The van der Waals surface area contributed by atoms with Crippen molar-refractivity contribution in [2.24, 2.45) is 12.1 Å². The van der Waals surface area contributed by atoms with E-state index in [4.69, 9.17) is 4.74 Å². The smallest absolute Gasteiger partial charge is 0.329 e. The lowest BCUT2D eigenvalue weighted by Gasteiger charge is -2.08. The first-order chi connectivity index (χ1) is 15.5. The van der Waals surface area contributed by atoms with Crippen molar-refractivity contribution in [3.8, 4) is 11.5 Å². The highest BCUT2D eigenvalue weighted by Gasteiger charge is 2.17. The Morgan fingerprint density at radius 1 is 1.22 bits per heavy atom. The third kappa shape index (κ3) is 4.10. The highest BCUT2D eigenvalue weighted by atomic mass is 16.5. The fraction of sp³-hybridized carbons (Fsp3) is 0.182. The fourth-order valence-corrected chi connectivity index (χ4v) is 3.29. The minimum atomic E-state index is -0.547. The van der Waals surface area contributed by atoms with Gasteiger partial charge in [0.1, 0.15) is 0 Å². The maximum atomic E-state index is 12.6. The van der Waals surface area contributed by atoms with Gasteiger partial charge in [0, 0.05) is 7.05 Å². The van der Waals surface area contributed by atoms with E-state index >= 15 is 0 Å². The summed E-state index contributed by atoms with van der Waals surface area (Å²) in [6.07, 6.45) is 1.54. The summed E-state index contributed by atoms with van der Waals surface area (Å²) in [6.45, 7) is 2.60. The fourth-order valence-electron chi connectivity index (χ4n) is 3.29. The van der Waals surface area contributed by atoms with Crippen molar-refractivity contribution in [1.29, 1.82) is 0 Å². The first-order valence-electron chi connectivity index (χ1n) is 9.96. The van der Waals surface area contributed by atoms with Crippen molar-refractivity contribution in [3.05, 3.63) is 80.5 Å². The molecule has 0 atom stereocenters. The Kier molecular flexibility index (Phi) is 5.75. The molecule has 3 N–H and O–H groups in total. The average molecular weight is 434 g/mol. The largest absolute Gasteiger partial charge is 0.504 e. The van der Waals surface area contributed by atoms with Gasteiger partial charge in [0.2, 0.25) is 5.95 Å². The van der Waals surface area contributed by atoms with Gasteiger partial charge in [-0.05, 0) is 36.2 Å². The zero-order valence-corrected chi connectivity index (χ0v) is 17.6. The number of aryl methyl sites for hydroxylation is 1. The molecule has 10 heteroatoms. The van der Waals surface area contributed by atoms with Crippen molar-refractivity contribution in [2.45, 2.75) is 13.5 Å². The Balaban J connectivity index is 1.72. The van der Waals surface area contributed by atoms with Crippen molar-refractivity contribution in [3.63, 3.8) is 0 Å². The number of hydrogen-bond donors (Lipinski definition) is 3. The molecule has 0 aliphatic heterocycles. The lowest BCUT2D eigenvalue weighted by Crippen LogP contribution is -2.29. The second-order valence-corrected chi connectivity index (χ2v) is 7.03. The van der Waals surface area contributed by atoms with Gasteiger partial charge in [-0.1, -0.05) is 30.3 Å². The first-order valence-corrected chi connectivity index (χ1v) is 9.96. The number of phenols is 1. The molecule has 0 bridgehead atoms. The van der Waals surface area contributed by atoms with Crippen molar-refractivity contribution in [2.75, 3.05) is 12.0 Å². The van der Waals surface area contributed by atoms with E-state index in [0.29, 0.717) is 30.4 Å². The van der Waals surface area contributed by atoms with E-state index in [9.17, 15) is 14.7 Å². The molecule has 2 heterocycles. The van der Waals surface area contributed by atoms with Crippen molar-refractivity contribution in [1.82, 2.24) is 19.1 Å². The van der Waals surface area contributed by atoms with Crippen LogP contribution in [0, 0.1) is 0 Å².